The summed E-state index contributed by atoms with van der Waals surface area (Å²) in [6.45, 7) is 6.74. The Hall–Kier alpha value is -0.0800. The summed E-state index contributed by atoms with van der Waals surface area (Å²) >= 11 is 0. The molecule has 0 heterocycles. The van der Waals surface area contributed by atoms with E-state index >= 15 is 0 Å². The second-order valence-corrected chi connectivity index (χ2v) is 4.81. The van der Waals surface area contributed by atoms with E-state index in [2.05, 4.69) is 20.8 Å². The zero-order chi connectivity index (χ0) is 9.41. The molecule has 0 radical (unpaired) electrons. The first-order chi connectivity index (χ1) is 5.44. The van der Waals surface area contributed by atoms with E-state index in [1.54, 1.807) is 0 Å². The van der Waals surface area contributed by atoms with Gasteiger partial charge in [0.05, 0.1) is 5.60 Å². The van der Waals surface area contributed by atoms with Gasteiger partial charge in [0.2, 0.25) is 0 Å². The van der Waals surface area contributed by atoms with Gasteiger partial charge >= 0.3 is 0 Å². The molecule has 2 heteroatoms. The van der Waals surface area contributed by atoms with Crippen molar-refractivity contribution in [3.63, 3.8) is 0 Å². The molecule has 0 aromatic carbocycles. The average Bonchev–Trinajstić information content (AvgIpc) is 2.00. The van der Waals surface area contributed by atoms with Gasteiger partial charge in [-0.25, -0.2) is 0 Å². The molecule has 2 atom stereocenters. The van der Waals surface area contributed by atoms with Crippen LogP contribution < -0.4 is 5.73 Å². The highest BCUT2D eigenvalue weighted by atomic mass is 16.3. The Labute approximate surface area is 75.2 Å². The third-order valence-electron chi connectivity index (χ3n) is 3.74. The Kier molecular flexibility index (Phi) is 2.50. The van der Waals surface area contributed by atoms with Crippen molar-refractivity contribution in [1.29, 1.82) is 0 Å². The highest BCUT2D eigenvalue weighted by Gasteiger charge is 2.48. The third-order valence-corrected chi connectivity index (χ3v) is 3.74. The first-order valence-corrected chi connectivity index (χ1v) is 4.86. The molecule has 0 amide bonds. The Morgan fingerprint density at radius 1 is 1.50 bits per heavy atom. The predicted octanol–water partition coefficient (Wildman–Crippen LogP) is 1.52. The van der Waals surface area contributed by atoms with Gasteiger partial charge in [0, 0.05) is 6.54 Å². The molecule has 3 N–H and O–H groups in total. The molecule has 1 aliphatic carbocycles. The highest BCUT2D eigenvalue weighted by molar-refractivity contribution is 5.00. The molecule has 72 valence electrons. The first-order valence-electron chi connectivity index (χ1n) is 4.86. The molecule has 1 aliphatic rings. The zero-order valence-corrected chi connectivity index (χ0v) is 8.43. The lowest BCUT2D eigenvalue weighted by atomic mass is 9.61. The van der Waals surface area contributed by atoms with Gasteiger partial charge in [0.15, 0.2) is 0 Å². The number of hydrogen-bond donors (Lipinski definition) is 2. The maximum atomic E-state index is 10.4. The molecular weight excluding hydrogens is 150 g/mol. The van der Waals surface area contributed by atoms with Crippen LogP contribution in [0.25, 0.3) is 0 Å². The minimum atomic E-state index is -0.648. The van der Waals surface area contributed by atoms with Crippen molar-refractivity contribution < 1.29 is 5.11 Å². The fourth-order valence-corrected chi connectivity index (χ4v) is 2.45. The summed E-state index contributed by atoms with van der Waals surface area (Å²) in [4.78, 5) is 0. The quantitative estimate of drug-likeness (QED) is 0.628. The molecule has 0 aromatic heterocycles. The van der Waals surface area contributed by atoms with E-state index in [0.29, 0.717) is 12.5 Å². The molecular formula is C10H21NO. The molecule has 0 aromatic rings. The summed E-state index contributed by atoms with van der Waals surface area (Å²) in [6.07, 6.45) is 3.42. The van der Waals surface area contributed by atoms with Gasteiger partial charge in [-0.2, -0.15) is 0 Å². The molecule has 0 bridgehead atoms. The lowest BCUT2D eigenvalue weighted by Gasteiger charge is -2.50. The minimum Gasteiger partial charge on any atom is -0.388 e. The summed E-state index contributed by atoms with van der Waals surface area (Å²) in [7, 11) is 0. The largest absolute Gasteiger partial charge is 0.388 e. The number of hydrogen-bond acceptors (Lipinski definition) is 2. The van der Waals surface area contributed by atoms with Crippen LogP contribution in [0.2, 0.25) is 0 Å². The SMILES string of the molecule is CC1CCCC(C)(C)C1(O)CN. The van der Waals surface area contributed by atoms with Crippen molar-refractivity contribution in [2.75, 3.05) is 6.54 Å². The summed E-state index contributed by atoms with van der Waals surface area (Å²) in [6, 6.07) is 0. The van der Waals surface area contributed by atoms with Crippen LogP contribution in [0.15, 0.2) is 0 Å². The van der Waals surface area contributed by atoms with Gasteiger partial charge in [-0.3, -0.25) is 0 Å². The van der Waals surface area contributed by atoms with Crippen molar-refractivity contribution in [1.82, 2.24) is 0 Å². The Morgan fingerprint density at radius 3 is 2.42 bits per heavy atom. The van der Waals surface area contributed by atoms with Crippen LogP contribution in [0, 0.1) is 11.3 Å². The summed E-state index contributed by atoms with van der Waals surface area (Å²) in [5.74, 6) is 0.339. The van der Waals surface area contributed by atoms with E-state index in [0.717, 1.165) is 12.8 Å². The number of nitrogens with two attached hydrogens (primary N) is 1. The fraction of sp³-hybridized carbons (Fsp3) is 1.00. The predicted molar refractivity (Wildman–Crippen MR) is 50.8 cm³/mol. The van der Waals surface area contributed by atoms with Crippen LogP contribution in [0.3, 0.4) is 0 Å². The second-order valence-electron chi connectivity index (χ2n) is 4.81. The molecule has 1 rings (SSSR count). The molecule has 1 fully saturated rings. The summed E-state index contributed by atoms with van der Waals surface area (Å²) < 4.78 is 0. The second kappa shape index (κ2) is 3.00. The smallest absolute Gasteiger partial charge is 0.0845 e. The molecule has 0 saturated heterocycles. The van der Waals surface area contributed by atoms with Gasteiger partial charge in [0.25, 0.3) is 0 Å². The lowest BCUT2D eigenvalue weighted by molar-refractivity contribution is -0.125. The Morgan fingerprint density at radius 2 is 2.08 bits per heavy atom. The molecule has 1 saturated carbocycles. The zero-order valence-electron chi connectivity index (χ0n) is 8.43. The maximum absolute atomic E-state index is 10.4. The van der Waals surface area contributed by atoms with Gasteiger partial charge in [0.1, 0.15) is 0 Å². The van der Waals surface area contributed by atoms with Crippen molar-refractivity contribution in [3.8, 4) is 0 Å². The summed E-state index contributed by atoms with van der Waals surface area (Å²) in [5, 5.41) is 10.4. The minimum absolute atomic E-state index is 0.0145. The molecule has 2 unspecified atom stereocenters. The highest BCUT2D eigenvalue weighted by Crippen LogP contribution is 2.46. The van der Waals surface area contributed by atoms with E-state index in [1.807, 2.05) is 0 Å². The van der Waals surface area contributed by atoms with Crippen molar-refractivity contribution in [2.24, 2.45) is 17.1 Å². The number of aliphatic hydroxyl groups is 1. The van der Waals surface area contributed by atoms with E-state index in [9.17, 15) is 5.11 Å². The van der Waals surface area contributed by atoms with Crippen LogP contribution in [-0.2, 0) is 0 Å². The molecule has 2 nitrogen and oxygen atoms in total. The van der Waals surface area contributed by atoms with Gasteiger partial charge in [-0.05, 0) is 24.2 Å². The van der Waals surface area contributed by atoms with Gasteiger partial charge in [-0.1, -0.05) is 27.2 Å². The van der Waals surface area contributed by atoms with Gasteiger partial charge in [-0.15, -0.1) is 0 Å². The average molecular weight is 171 g/mol. The van der Waals surface area contributed by atoms with Gasteiger partial charge < -0.3 is 10.8 Å². The normalized spacial score (nSPS) is 41.2. The first kappa shape index (κ1) is 10.0. The number of rotatable bonds is 1. The van der Waals surface area contributed by atoms with Crippen molar-refractivity contribution >= 4 is 0 Å². The van der Waals surface area contributed by atoms with E-state index in [4.69, 9.17) is 5.73 Å². The van der Waals surface area contributed by atoms with Crippen LogP contribution in [-0.4, -0.2) is 17.3 Å². The lowest BCUT2D eigenvalue weighted by Crippen LogP contribution is -2.57. The van der Waals surface area contributed by atoms with Crippen LogP contribution in [0.5, 0.6) is 0 Å². The van der Waals surface area contributed by atoms with Crippen LogP contribution in [0.4, 0.5) is 0 Å². The van der Waals surface area contributed by atoms with Crippen LogP contribution >= 0.6 is 0 Å². The van der Waals surface area contributed by atoms with Crippen molar-refractivity contribution in [3.05, 3.63) is 0 Å². The van der Waals surface area contributed by atoms with E-state index < -0.39 is 5.60 Å². The molecule has 12 heavy (non-hydrogen) atoms. The fourth-order valence-electron chi connectivity index (χ4n) is 2.45. The maximum Gasteiger partial charge on any atom is 0.0845 e. The third kappa shape index (κ3) is 1.27. The van der Waals surface area contributed by atoms with E-state index in [-0.39, 0.29) is 5.41 Å². The van der Waals surface area contributed by atoms with Crippen LogP contribution in [0.1, 0.15) is 40.0 Å². The van der Waals surface area contributed by atoms with Crippen molar-refractivity contribution in [2.45, 2.75) is 45.6 Å². The summed E-state index contributed by atoms with van der Waals surface area (Å²) in [5.41, 5.74) is 4.99. The Bertz CT molecular complexity index is 167. The monoisotopic (exact) mass is 171 g/mol. The Balaban J connectivity index is 2.88. The molecule has 0 spiro atoms. The van der Waals surface area contributed by atoms with E-state index in [1.165, 1.54) is 6.42 Å². The standard InChI is InChI=1S/C10H21NO/c1-8-5-4-6-9(2,3)10(8,12)7-11/h8,12H,4-7,11H2,1-3H3. The molecule has 0 aliphatic heterocycles. The topological polar surface area (TPSA) is 46.2 Å².